The van der Waals surface area contributed by atoms with Gasteiger partial charge in [0.05, 0.1) is 13.2 Å². The number of nitrogens with one attached hydrogen (secondary N) is 1. The zero-order chi connectivity index (χ0) is 11.1. The van der Waals surface area contributed by atoms with E-state index in [9.17, 15) is 4.79 Å². The Hall–Kier alpha value is -0.420. The van der Waals surface area contributed by atoms with Gasteiger partial charge in [-0.05, 0) is 12.7 Å². The first kappa shape index (κ1) is 12.6. The van der Waals surface area contributed by atoms with Crippen LogP contribution in [0.4, 0.5) is 4.79 Å². The first-order valence-corrected chi connectivity index (χ1v) is 6.60. The number of morpholine rings is 1. The Balaban J connectivity index is 2.21. The maximum absolute atomic E-state index is 11.7. The second kappa shape index (κ2) is 6.95. The van der Waals surface area contributed by atoms with Crippen LogP contribution in [0.2, 0.25) is 0 Å². The van der Waals surface area contributed by atoms with Crippen LogP contribution in [-0.4, -0.2) is 54.8 Å². The molecule has 1 saturated heterocycles. The number of amides is 2. The van der Waals surface area contributed by atoms with Gasteiger partial charge in [0.15, 0.2) is 0 Å². The maximum Gasteiger partial charge on any atom is 0.317 e. The van der Waals surface area contributed by atoms with Gasteiger partial charge < -0.3 is 15.0 Å². The number of thioether (sulfide) groups is 1. The average Bonchev–Trinajstić information content (AvgIpc) is 2.27. The molecule has 2 amide bonds. The smallest absolute Gasteiger partial charge is 0.317 e. The molecule has 1 aliphatic heterocycles. The summed E-state index contributed by atoms with van der Waals surface area (Å²) in [5.74, 6) is 2.07. The predicted molar refractivity (Wildman–Crippen MR) is 63.4 cm³/mol. The maximum atomic E-state index is 11.7. The third-order valence-electron chi connectivity index (χ3n) is 2.24. The number of carbonyl (C=O) groups excluding carboxylic acids is 1. The zero-order valence-electron chi connectivity index (χ0n) is 9.49. The zero-order valence-corrected chi connectivity index (χ0v) is 10.3. The summed E-state index contributed by atoms with van der Waals surface area (Å²) in [5.41, 5.74) is 0. The first-order valence-electron chi connectivity index (χ1n) is 5.45. The number of hydrogen-bond donors (Lipinski definition) is 1. The summed E-state index contributed by atoms with van der Waals surface area (Å²) in [6.45, 7) is 6.90. The van der Waals surface area contributed by atoms with Gasteiger partial charge in [-0.2, -0.15) is 11.8 Å². The normalized spacial score (nSPS) is 18.7. The summed E-state index contributed by atoms with van der Waals surface area (Å²) in [6, 6.07) is 0.285. The van der Waals surface area contributed by atoms with Gasteiger partial charge in [-0.1, -0.05) is 6.92 Å². The lowest BCUT2D eigenvalue weighted by Gasteiger charge is -2.28. The Bertz CT molecular complexity index is 196. The van der Waals surface area contributed by atoms with Crippen molar-refractivity contribution in [3.63, 3.8) is 0 Å². The largest absolute Gasteiger partial charge is 0.378 e. The second-order valence-electron chi connectivity index (χ2n) is 3.61. The van der Waals surface area contributed by atoms with Gasteiger partial charge in [-0.15, -0.1) is 0 Å². The molecule has 0 saturated carbocycles. The Kier molecular flexibility index (Phi) is 5.86. The highest BCUT2D eigenvalue weighted by Crippen LogP contribution is 2.03. The van der Waals surface area contributed by atoms with Crippen LogP contribution in [0.3, 0.4) is 0 Å². The molecule has 5 heteroatoms. The van der Waals surface area contributed by atoms with Crippen molar-refractivity contribution in [3.8, 4) is 0 Å². The van der Waals surface area contributed by atoms with Gasteiger partial charge in [0.2, 0.25) is 0 Å². The third kappa shape index (κ3) is 4.75. The van der Waals surface area contributed by atoms with Crippen molar-refractivity contribution in [1.29, 1.82) is 0 Å². The molecule has 1 fully saturated rings. The Morgan fingerprint density at radius 1 is 1.53 bits per heavy atom. The number of ether oxygens (including phenoxy) is 1. The molecule has 1 heterocycles. The molecular formula is C10H20N2O2S. The summed E-state index contributed by atoms with van der Waals surface area (Å²) in [4.78, 5) is 13.5. The van der Waals surface area contributed by atoms with E-state index in [1.54, 1.807) is 0 Å². The van der Waals surface area contributed by atoms with Crippen LogP contribution in [0.15, 0.2) is 0 Å². The highest BCUT2D eigenvalue weighted by molar-refractivity contribution is 7.99. The quantitative estimate of drug-likeness (QED) is 0.791. The van der Waals surface area contributed by atoms with Crippen molar-refractivity contribution >= 4 is 17.8 Å². The van der Waals surface area contributed by atoms with E-state index in [-0.39, 0.29) is 12.1 Å². The molecule has 88 valence electrons. The molecule has 0 radical (unpaired) electrons. The van der Waals surface area contributed by atoms with Crippen molar-refractivity contribution in [2.24, 2.45) is 0 Å². The van der Waals surface area contributed by atoms with Crippen LogP contribution in [0.1, 0.15) is 13.8 Å². The van der Waals surface area contributed by atoms with Crippen LogP contribution in [0.5, 0.6) is 0 Å². The summed E-state index contributed by atoms with van der Waals surface area (Å²) in [5, 5.41) is 3.00. The van der Waals surface area contributed by atoms with Crippen molar-refractivity contribution in [2.75, 3.05) is 37.8 Å². The average molecular weight is 232 g/mol. The van der Waals surface area contributed by atoms with Crippen LogP contribution >= 0.6 is 11.8 Å². The van der Waals surface area contributed by atoms with Crippen LogP contribution in [0.25, 0.3) is 0 Å². The molecule has 1 N–H and O–H groups in total. The lowest BCUT2D eigenvalue weighted by molar-refractivity contribution is 0.0528. The molecule has 1 atom stereocenters. The van der Waals surface area contributed by atoms with Crippen LogP contribution in [-0.2, 0) is 4.74 Å². The molecular weight excluding hydrogens is 212 g/mol. The minimum absolute atomic E-state index is 0.0440. The van der Waals surface area contributed by atoms with Crippen LogP contribution < -0.4 is 5.32 Å². The summed E-state index contributed by atoms with van der Waals surface area (Å²) < 4.78 is 5.19. The molecule has 15 heavy (non-hydrogen) atoms. The van der Waals surface area contributed by atoms with E-state index < -0.39 is 0 Å². The second-order valence-corrected chi connectivity index (χ2v) is 4.93. The van der Waals surface area contributed by atoms with Gasteiger partial charge in [-0.25, -0.2) is 4.79 Å². The molecule has 1 unspecified atom stereocenters. The Morgan fingerprint density at radius 2 is 2.20 bits per heavy atom. The molecule has 4 nitrogen and oxygen atoms in total. The highest BCUT2D eigenvalue weighted by atomic mass is 32.2. The Labute approximate surface area is 95.7 Å². The monoisotopic (exact) mass is 232 g/mol. The lowest BCUT2D eigenvalue weighted by Crippen LogP contribution is -2.49. The van der Waals surface area contributed by atoms with E-state index in [0.717, 1.165) is 11.5 Å². The molecule has 1 rings (SSSR count). The molecule has 0 aromatic heterocycles. The fraction of sp³-hybridized carbons (Fsp3) is 0.900. The number of rotatable bonds is 4. The summed E-state index contributed by atoms with van der Waals surface area (Å²) in [6.07, 6.45) is 0. The first-order chi connectivity index (χ1) is 7.24. The molecule has 0 spiro atoms. The molecule has 0 aliphatic carbocycles. The highest BCUT2D eigenvalue weighted by Gasteiger charge is 2.17. The van der Waals surface area contributed by atoms with Gasteiger partial charge >= 0.3 is 6.03 Å². The number of nitrogens with zero attached hydrogens (tertiary/aromatic N) is 1. The van der Waals surface area contributed by atoms with E-state index in [4.69, 9.17) is 4.74 Å². The topological polar surface area (TPSA) is 41.6 Å². The minimum Gasteiger partial charge on any atom is -0.378 e. The van der Waals surface area contributed by atoms with Crippen molar-refractivity contribution < 1.29 is 9.53 Å². The molecule has 0 aromatic carbocycles. The molecule has 0 bridgehead atoms. The fourth-order valence-electron chi connectivity index (χ4n) is 1.40. The van der Waals surface area contributed by atoms with Crippen molar-refractivity contribution in [2.45, 2.75) is 19.9 Å². The summed E-state index contributed by atoms with van der Waals surface area (Å²) >= 11 is 1.85. The van der Waals surface area contributed by atoms with Crippen molar-refractivity contribution in [3.05, 3.63) is 0 Å². The molecule has 0 aromatic rings. The van der Waals surface area contributed by atoms with Crippen LogP contribution in [0, 0.1) is 0 Å². The van der Waals surface area contributed by atoms with Gasteiger partial charge in [-0.3, -0.25) is 0 Å². The summed E-state index contributed by atoms with van der Waals surface area (Å²) in [7, 11) is 0. The van der Waals surface area contributed by atoms with E-state index in [2.05, 4.69) is 12.2 Å². The van der Waals surface area contributed by atoms with Gasteiger partial charge in [0.25, 0.3) is 0 Å². The van der Waals surface area contributed by atoms with E-state index in [1.807, 2.05) is 23.6 Å². The minimum atomic E-state index is 0.0440. The Morgan fingerprint density at radius 3 is 2.80 bits per heavy atom. The number of hydrogen-bond acceptors (Lipinski definition) is 3. The van der Waals surface area contributed by atoms with Crippen molar-refractivity contribution in [1.82, 2.24) is 10.2 Å². The third-order valence-corrected chi connectivity index (χ3v) is 3.38. The van der Waals surface area contributed by atoms with Gasteiger partial charge in [0, 0.05) is 24.9 Å². The predicted octanol–water partition coefficient (Wildman–Crippen LogP) is 1.17. The molecule has 1 aliphatic rings. The SMILES string of the molecule is CCSCC(C)NC(=O)N1CCOCC1. The lowest BCUT2D eigenvalue weighted by atomic mass is 10.4. The van der Waals surface area contributed by atoms with E-state index in [0.29, 0.717) is 26.3 Å². The van der Waals surface area contributed by atoms with E-state index >= 15 is 0 Å². The van der Waals surface area contributed by atoms with Gasteiger partial charge in [0.1, 0.15) is 0 Å². The standard InChI is InChI=1S/C10H20N2O2S/c1-3-15-8-9(2)11-10(13)12-4-6-14-7-5-12/h9H,3-8H2,1-2H3,(H,11,13). The number of carbonyl (C=O) groups is 1. The van der Waals surface area contributed by atoms with E-state index in [1.165, 1.54) is 0 Å². The number of urea groups is 1. The fourth-order valence-corrected chi connectivity index (χ4v) is 2.08.